The Bertz CT molecular complexity index is 1620. The van der Waals surface area contributed by atoms with Gasteiger partial charge in [0.15, 0.2) is 0 Å². The molecule has 1 aromatic heterocycles. The van der Waals surface area contributed by atoms with E-state index in [1.54, 1.807) is 42.8 Å². The second kappa shape index (κ2) is 11.9. The number of likely N-dealkylation sites (tertiary alicyclic amines) is 1. The molecule has 1 fully saturated rings. The van der Waals surface area contributed by atoms with Gasteiger partial charge in [-0.25, -0.2) is 4.98 Å². The average Bonchev–Trinajstić information content (AvgIpc) is 3.47. The second-order valence-corrected chi connectivity index (χ2v) is 12.2. The number of hydrogen-bond donors (Lipinski definition) is 1. The molecule has 43 heavy (non-hydrogen) atoms. The molecular formula is C31H33BrF3N5O3. The first-order valence-corrected chi connectivity index (χ1v) is 15.0. The third-order valence-corrected chi connectivity index (χ3v) is 8.98. The van der Waals surface area contributed by atoms with Gasteiger partial charge >= 0.3 is 6.18 Å². The number of alkyl halides is 3. The van der Waals surface area contributed by atoms with E-state index in [0.717, 1.165) is 25.5 Å². The molecule has 2 unspecified atom stereocenters. The van der Waals surface area contributed by atoms with Crippen LogP contribution in [0.15, 0.2) is 51.7 Å². The van der Waals surface area contributed by atoms with Gasteiger partial charge in [-0.15, -0.1) is 0 Å². The normalized spacial score (nSPS) is 19.0. The van der Waals surface area contributed by atoms with Crippen molar-refractivity contribution in [1.29, 1.82) is 0 Å². The molecule has 228 valence electrons. The number of fused-ring (bicyclic) bond motifs is 1. The van der Waals surface area contributed by atoms with Crippen molar-refractivity contribution in [3.8, 4) is 5.69 Å². The van der Waals surface area contributed by atoms with Crippen LogP contribution in [0.5, 0.6) is 0 Å². The molecule has 3 heterocycles. The highest BCUT2D eigenvalue weighted by Crippen LogP contribution is 2.37. The first kappa shape index (κ1) is 30.9. The molecule has 3 aromatic rings. The molecule has 2 aromatic carbocycles. The molecule has 5 rings (SSSR count). The highest BCUT2D eigenvalue weighted by Gasteiger charge is 2.38. The summed E-state index contributed by atoms with van der Waals surface area (Å²) in [6.45, 7) is 6.80. The van der Waals surface area contributed by atoms with Gasteiger partial charge in [0.2, 0.25) is 0 Å². The third kappa shape index (κ3) is 5.86. The van der Waals surface area contributed by atoms with Crippen LogP contribution in [0.1, 0.15) is 83.0 Å². The Morgan fingerprint density at radius 2 is 1.77 bits per heavy atom. The van der Waals surface area contributed by atoms with Gasteiger partial charge in [0.25, 0.3) is 17.4 Å². The Kier molecular flexibility index (Phi) is 8.54. The van der Waals surface area contributed by atoms with Crippen molar-refractivity contribution in [2.75, 3.05) is 13.6 Å². The van der Waals surface area contributed by atoms with Gasteiger partial charge in [-0.2, -0.15) is 13.2 Å². The fourth-order valence-electron chi connectivity index (χ4n) is 6.05. The predicted octanol–water partition coefficient (Wildman–Crippen LogP) is 5.51. The molecule has 2 amide bonds. The van der Waals surface area contributed by atoms with Crippen LogP contribution in [0.2, 0.25) is 0 Å². The van der Waals surface area contributed by atoms with Crippen LogP contribution in [-0.4, -0.2) is 56.8 Å². The molecule has 0 radical (unpaired) electrons. The summed E-state index contributed by atoms with van der Waals surface area (Å²) in [6, 6.07) is 9.81. The van der Waals surface area contributed by atoms with Gasteiger partial charge in [-0.1, -0.05) is 15.9 Å². The number of rotatable bonds is 5. The highest BCUT2D eigenvalue weighted by atomic mass is 79.9. The molecule has 0 aliphatic carbocycles. The molecule has 0 saturated carbocycles. The first-order valence-electron chi connectivity index (χ1n) is 14.2. The monoisotopic (exact) mass is 659 g/mol. The van der Waals surface area contributed by atoms with Gasteiger partial charge in [0, 0.05) is 40.3 Å². The Morgan fingerprint density at radius 3 is 2.40 bits per heavy atom. The lowest BCUT2D eigenvalue weighted by Gasteiger charge is -2.36. The molecule has 12 heteroatoms. The molecule has 8 nitrogen and oxygen atoms in total. The van der Waals surface area contributed by atoms with Crippen LogP contribution in [0, 0.1) is 0 Å². The number of aromatic nitrogens is 2. The topological polar surface area (TPSA) is 87.5 Å². The quantitative estimate of drug-likeness (QED) is 0.391. The maximum atomic E-state index is 14.2. The van der Waals surface area contributed by atoms with Gasteiger partial charge in [0.1, 0.15) is 5.82 Å². The summed E-state index contributed by atoms with van der Waals surface area (Å²) >= 11 is 2.93. The van der Waals surface area contributed by atoms with Crippen molar-refractivity contribution in [3.05, 3.63) is 91.1 Å². The molecule has 0 spiro atoms. The SMILES string of the molecule is CNC(=O)c1ccc(-n2c(C3CCCN3C(C)C)nc3c(c2=O)CC(C)N(C(=O)c2ccc(Br)c(C(F)(F)F)c2)C3)cc1. The summed E-state index contributed by atoms with van der Waals surface area (Å²) < 4.78 is 42.2. The van der Waals surface area contributed by atoms with Crippen LogP contribution < -0.4 is 10.9 Å². The largest absolute Gasteiger partial charge is 0.417 e. The van der Waals surface area contributed by atoms with Crippen molar-refractivity contribution in [1.82, 2.24) is 24.7 Å². The molecule has 1 saturated heterocycles. The van der Waals surface area contributed by atoms with E-state index in [2.05, 4.69) is 40.0 Å². The Morgan fingerprint density at radius 1 is 1.09 bits per heavy atom. The minimum absolute atomic E-state index is 0.000163. The fourth-order valence-corrected chi connectivity index (χ4v) is 6.53. The van der Waals surface area contributed by atoms with Crippen LogP contribution in [-0.2, 0) is 19.1 Å². The van der Waals surface area contributed by atoms with Crippen molar-refractivity contribution < 1.29 is 22.8 Å². The van der Waals surface area contributed by atoms with Crippen molar-refractivity contribution in [3.63, 3.8) is 0 Å². The number of benzene rings is 2. The van der Waals surface area contributed by atoms with E-state index in [9.17, 15) is 27.6 Å². The van der Waals surface area contributed by atoms with E-state index >= 15 is 0 Å². The standard InChI is InChI=1S/C31H33BrF3N5O3/c1-17(2)38-13-5-6-26(38)27-37-25-16-39(29(42)20-9-12-24(32)23(15-20)31(33,34)35)18(3)14-22(25)30(43)40(27)21-10-7-19(8-11-21)28(41)36-4/h7-12,15,17-18,26H,5-6,13-14,16H2,1-4H3,(H,36,41). The van der Waals surface area contributed by atoms with E-state index in [4.69, 9.17) is 4.98 Å². The molecule has 2 aliphatic heterocycles. The van der Waals surface area contributed by atoms with Crippen LogP contribution in [0.25, 0.3) is 5.69 Å². The molecule has 0 bridgehead atoms. The maximum Gasteiger partial charge on any atom is 0.417 e. The van der Waals surface area contributed by atoms with Crippen LogP contribution in [0.4, 0.5) is 13.2 Å². The Labute approximate surface area is 256 Å². The van der Waals surface area contributed by atoms with E-state index in [-0.39, 0.29) is 46.6 Å². The predicted molar refractivity (Wildman–Crippen MR) is 159 cm³/mol. The van der Waals surface area contributed by atoms with E-state index < -0.39 is 23.7 Å². The molecule has 2 atom stereocenters. The number of carbonyl (C=O) groups is 2. The van der Waals surface area contributed by atoms with E-state index in [1.165, 1.54) is 17.0 Å². The summed E-state index contributed by atoms with van der Waals surface area (Å²) in [6.07, 6.45) is -2.71. The number of halogens is 4. The first-order chi connectivity index (χ1) is 20.3. The number of hydrogen-bond acceptors (Lipinski definition) is 5. The second-order valence-electron chi connectivity index (χ2n) is 11.3. The molecule has 2 aliphatic rings. The summed E-state index contributed by atoms with van der Waals surface area (Å²) in [5, 5.41) is 2.59. The average molecular weight is 661 g/mol. The highest BCUT2D eigenvalue weighted by molar-refractivity contribution is 9.10. The zero-order valence-corrected chi connectivity index (χ0v) is 25.9. The van der Waals surface area contributed by atoms with Gasteiger partial charge < -0.3 is 10.2 Å². The molecular weight excluding hydrogens is 627 g/mol. The van der Waals surface area contributed by atoms with Crippen molar-refractivity contribution >= 4 is 27.7 Å². The van der Waals surface area contributed by atoms with Crippen molar-refractivity contribution in [2.24, 2.45) is 0 Å². The number of amides is 2. The Balaban J connectivity index is 1.59. The smallest absolute Gasteiger partial charge is 0.355 e. The summed E-state index contributed by atoms with van der Waals surface area (Å²) in [5.41, 5.74) is 0.705. The van der Waals surface area contributed by atoms with Crippen molar-refractivity contribution in [2.45, 2.75) is 70.9 Å². The minimum Gasteiger partial charge on any atom is -0.355 e. The van der Waals surface area contributed by atoms with Crippen LogP contribution >= 0.6 is 15.9 Å². The summed E-state index contributed by atoms with van der Waals surface area (Å²) in [4.78, 5) is 48.7. The van der Waals surface area contributed by atoms with E-state index in [0.29, 0.717) is 28.3 Å². The Hall–Kier alpha value is -3.51. The molecule has 1 N–H and O–H groups in total. The number of nitrogens with zero attached hydrogens (tertiary/aromatic N) is 4. The summed E-state index contributed by atoms with van der Waals surface area (Å²) in [7, 11) is 1.55. The zero-order chi connectivity index (χ0) is 31.2. The van der Waals surface area contributed by atoms with Gasteiger partial charge in [0.05, 0.1) is 29.5 Å². The lowest BCUT2D eigenvalue weighted by molar-refractivity contribution is -0.138. The fraction of sp³-hybridized carbons (Fsp3) is 0.419. The lowest BCUT2D eigenvalue weighted by atomic mass is 9.97. The van der Waals surface area contributed by atoms with Crippen LogP contribution in [0.3, 0.4) is 0 Å². The van der Waals surface area contributed by atoms with Gasteiger partial charge in [-0.05, 0) is 89.0 Å². The summed E-state index contributed by atoms with van der Waals surface area (Å²) in [5.74, 6) is -0.248. The van der Waals surface area contributed by atoms with E-state index in [1.807, 2.05) is 0 Å². The lowest BCUT2D eigenvalue weighted by Crippen LogP contribution is -2.47. The number of carbonyl (C=O) groups excluding carboxylic acids is 2. The minimum atomic E-state index is -4.63. The third-order valence-electron chi connectivity index (χ3n) is 8.29. The number of nitrogens with one attached hydrogen (secondary N) is 1. The van der Waals surface area contributed by atoms with Gasteiger partial charge in [-0.3, -0.25) is 23.9 Å². The zero-order valence-electron chi connectivity index (χ0n) is 24.3. The maximum absolute atomic E-state index is 14.2.